The van der Waals surface area contributed by atoms with Crippen LogP contribution in [0.1, 0.15) is 68.5 Å². The van der Waals surface area contributed by atoms with Crippen molar-refractivity contribution in [3.8, 4) is 0 Å². The van der Waals surface area contributed by atoms with Crippen LogP contribution in [0.3, 0.4) is 0 Å². The molecule has 0 N–H and O–H groups in total. The van der Waals surface area contributed by atoms with Gasteiger partial charge in [0.2, 0.25) is 11.8 Å². The highest BCUT2D eigenvalue weighted by Gasteiger charge is 2.33. The summed E-state index contributed by atoms with van der Waals surface area (Å²) in [6, 6.07) is 12.3. The molecule has 2 aromatic rings. The summed E-state index contributed by atoms with van der Waals surface area (Å²) >= 11 is 1.77. The van der Waals surface area contributed by atoms with Gasteiger partial charge in [-0.25, -0.2) is 0 Å². The molecule has 0 saturated carbocycles. The number of thiophene rings is 1. The maximum Gasteiger partial charge on any atom is 0.242 e. The van der Waals surface area contributed by atoms with Gasteiger partial charge in [0.15, 0.2) is 0 Å². The lowest BCUT2D eigenvalue weighted by atomic mass is 9.93. The van der Waals surface area contributed by atoms with Crippen molar-refractivity contribution in [2.24, 2.45) is 5.92 Å². The van der Waals surface area contributed by atoms with Crippen LogP contribution >= 0.6 is 11.3 Å². The summed E-state index contributed by atoms with van der Waals surface area (Å²) in [4.78, 5) is 31.4. The minimum Gasteiger partial charge on any atom is -0.333 e. The van der Waals surface area contributed by atoms with Gasteiger partial charge in [-0.15, -0.1) is 11.3 Å². The molecule has 0 bridgehead atoms. The first-order valence-corrected chi connectivity index (χ1v) is 12.1. The minimum atomic E-state index is -0.0650. The number of carbonyl (C=O) groups is 2. The van der Waals surface area contributed by atoms with E-state index in [0.717, 1.165) is 31.2 Å². The highest BCUT2D eigenvalue weighted by molar-refractivity contribution is 7.10. The predicted molar refractivity (Wildman–Crippen MR) is 124 cm³/mol. The fraction of sp³-hybridized carbons (Fsp3) is 0.520. The third kappa shape index (κ3) is 5.51. The molecule has 0 radical (unpaired) electrons. The second-order valence-corrected chi connectivity index (χ2v) is 9.58. The van der Waals surface area contributed by atoms with Crippen LogP contribution in [0.5, 0.6) is 0 Å². The molecule has 5 heteroatoms. The van der Waals surface area contributed by atoms with Crippen LogP contribution in [0.2, 0.25) is 0 Å². The summed E-state index contributed by atoms with van der Waals surface area (Å²) in [5, 5.41) is 2.12. The van der Waals surface area contributed by atoms with Crippen LogP contribution in [0, 0.1) is 5.92 Å². The third-order valence-electron chi connectivity index (χ3n) is 5.66. The highest BCUT2D eigenvalue weighted by Crippen LogP contribution is 2.37. The first-order valence-electron chi connectivity index (χ1n) is 11.2. The Morgan fingerprint density at radius 3 is 2.63 bits per heavy atom. The van der Waals surface area contributed by atoms with Gasteiger partial charge in [0.1, 0.15) is 0 Å². The van der Waals surface area contributed by atoms with Gasteiger partial charge in [-0.3, -0.25) is 9.59 Å². The quantitative estimate of drug-likeness (QED) is 0.511. The Kier molecular flexibility index (Phi) is 8.08. The van der Waals surface area contributed by atoms with Crippen LogP contribution in [0.15, 0.2) is 41.8 Å². The molecule has 4 nitrogen and oxygen atoms in total. The summed E-state index contributed by atoms with van der Waals surface area (Å²) in [5.41, 5.74) is 2.37. The van der Waals surface area contributed by atoms with Crippen molar-refractivity contribution in [3.63, 3.8) is 0 Å². The molecule has 162 valence electrons. The van der Waals surface area contributed by atoms with Crippen LogP contribution in [-0.2, 0) is 16.0 Å². The number of amides is 2. The van der Waals surface area contributed by atoms with E-state index in [9.17, 15) is 9.59 Å². The number of fused-ring (bicyclic) bond motifs is 1. The van der Waals surface area contributed by atoms with E-state index in [1.54, 1.807) is 16.2 Å². The van der Waals surface area contributed by atoms with Crippen molar-refractivity contribution < 1.29 is 9.59 Å². The van der Waals surface area contributed by atoms with Crippen LogP contribution < -0.4 is 0 Å². The normalized spacial score (nSPS) is 15.9. The van der Waals surface area contributed by atoms with Gasteiger partial charge in [-0.05, 0) is 41.3 Å². The Morgan fingerprint density at radius 2 is 1.93 bits per heavy atom. The summed E-state index contributed by atoms with van der Waals surface area (Å²) in [6.07, 6.45) is 4.46. The fourth-order valence-electron chi connectivity index (χ4n) is 4.21. The van der Waals surface area contributed by atoms with Gasteiger partial charge in [-0.1, -0.05) is 63.9 Å². The van der Waals surface area contributed by atoms with E-state index < -0.39 is 0 Å². The number of nitrogens with zero attached hydrogens (tertiary/aromatic N) is 2. The van der Waals surface area contributed by atoms with Crippen molar-refractivity contribution in [1.29, 1.82) is 0 Å². The van der Waals surface area contributed by atoms with Crippen molar-refractivity contribution in [2.45, 2.75) is 58.9 Å². The topological polar surface area (TPSA) is 40.6 Å². The molecular formula is C25H34N2O2S. The van der Waals surface area contributed by atoms with Crippen molar-refractivity contribution in [2.75, 3.05) is 19.6 Å². The van der Waals surface area contributed by atoms with E-state index in [2.05, 4.69) is 44.4 Å². The average molecular weight is 427 g/mol. The maximum atomic E-state index is 13.5. The second kappa shape index (κ2) is 10.8. The molecule has 0 fully saturated rings. The van der Waals surface area contributed by atoms with Gasteiger partial charge in [-0.2, -0.15) is 0 Å². The molecule has 1 aliphatic heterocycles. The molecule has 3 rings (SSSR count). The van der Waals surface area contributed by atoms with E-state index in [0.29, 0.717) is 25.4 Å². The van der Waals surface area contributed by atoms with Crippen LogP contribution in [0.25, 0.3) is 0 Å². The zero-order valence-electron chi connectivity index (χ0n) is 18.5. The molecule has 0 unspecified atom stereocenters. The third-order valence-corrected chi connectivity index (χ3v) is 6.66. The van der Waals surface area contributed by atoms with Gasteiger partial charge in [0.25, 0.3) is 0 Å². The van der Waals surface area contributed by atoms with Crippen molar-refractivity contribution in [1.82, 2.24) is 9.80 Å². The molecule has 0 spiro atoms. The van der Waals surface area contributed by atoms with Gasteiger partial charge in [0, 0.05) is 24.4 Å². The number of carbonyl (C=O) groups excluding carboxylic acids is 2. The lowest BCUT2D eigenvalue weighted by Gasteiger charge is -2.38. The smallest absolute Gasteiger partial charge is 0.242 e. The molecular weight excluding hydrogens is 392 g/mol. The molecule has 2 amide bonds. The zero-order valence-corrected chi connectivity index (χ0v) is 19.3. The van der Waals surface area contributed by atoms with E-state index >= 15 is 0 Å². The lowest BCUT2D eigenvalue weighted by Crippen LogP contribution is -2.47. The molecule has 0 saturated heterocycles. The number of benzene rings is 1. The summed E-state index contributed by atoms with van der Waals surface area (Å²) in [6.45, 7) is 7.84. The Labute approximate surface area is 184 Å². The average Bonchev–Trinajstić information content (AvgIpc) is 3.21. The maximum absolute atomic E-state index is 13.5. The van der Waals surface area contributed by atoms with Crippen LogP contribution in [0.4, 0.5) is 0 Å². The highest BCUT2D eigenvalue weighted by atomic mass is 32.1. The van der Waals surface area contributed by atoms with Gasteiger partial charge in [0.05, 0.1) is 12.6 Å². The van der Waals surface area contributed by atoms with E-state index in [4.69, 9.17) is 0 Å². The number of rotatable bonds is 9. The van der Waals surface area contributed by atoms with Crippen molar-refractivity contribution in [3.05, 3.63) is 57.8 Å². The fourth-order valence-corrected chi connectivity index (χ4v) is 5.12. The molecule has 2 heterocycles. The monoisotopic (exact) mass is 426 g/mol. The summed E-state index contributed by atoms with van der Waals surface area (Å²) in [5.74, 6) is 0.489. The summed E-state index contributed by atoms with van der Waals surface area (Å²) < 4.78 is 0. The first kappa shape index (κ1) is 22.5. The van der Waals surface area contributed by atoms with Gasteiger partial charge < -0.3 is 9.80 Å². The molecule has 30 heavy (non-hydrogen) atoms. The predicted octanol–water partition coefficient (Wildman–Crippen LogP) is 5.29. The Bertz CT molecular complexity index is 831. The molecule has 1 atom stereocenters. The van der Waals surface area contributed by atoms with E-state index in [1.165, 1.54) is 10.4 Å². The molecule has 1 aromatic heterocycles. The molecule has 1 aromatic carbocycles. The summed E-state index contributed by atoms with van der Waals surface area (Å²) in [7, 11) is 0. The standard InChI is InChI=1S/C25H34N2O2S/c1-4-5-7-12-23(28)26(17-19(2)3)18-24(29)27-15-13-22-21(14-16-30-22)25(27)20-10-8-6-9-11-20/h6,8-11,14,16,19,25H,4-5,7,12-13,15,17-18H2,1-3H3/t25-/m0/s1. The SMILES string of the molecule is CCCCCC(=O)N(CC(=O)N1CCc2sccc2[C@@H]1c1ccccc1)CC(C)C. The lowest BCUT2D eigenvalue weighted by molar-refractivity contribution is -0.142. The van der Waals surface area contributed by atoms with Gasteiger partial charge >= 0.3 is 0 Å². The van der Waals surface area contributed by atoms with Crippen LogP contribution in [-0.4, -0.2) is 41.2 Å². The number of hydrogen-bond acceptors (Lipinski definition) is 3. The Balaban J connectivity index is 1.79. The molecule has 1 aliphatic rings. The van der Waals surface area contributed by atoms with Crippen molar-refractivity contribution >= 4 is 23.2 Å². The van der Waals surface area contributed by atoms with E-state index in [-0.39, 0.29) is 24.4 Å². The zero-order chi connectivity index (χ0) is 21.5. The molecule has 0 aliphatic carbocycles. The Hall–Kier alpha value is -2.14. The first-order chi connectivity index (χ1) is 14.5. The van der Waals surface area contributed by atoms with E-state index in [1.807, 2.05) is 23.1 Å². The second-order valence-electron chi connectivity index (χ2n) is 8.57. The Morgan fingerprint density at radius 1 is 1.17 bits per heavy atom. The largest absolute Gasteiger partial charge is 0.333 e. The number of hydrogen-bond donors (Lipinski definition) is 0. The number of unbranched alkanes of at least 4 members (excludes halogenated alkanes) is 2. The minimum absolute atomic E-state index is 0.0465.